The second-order valence-corrected chi connectivity index (χ2v) is 6.31. The number of carboxylic acids is 3. The molecule has 3 aromatic rings. The van der Waals surface area contributed by atoms with E-state index in [1.54, 1.807) is 75.4 Å². The topological polar surface area (TPSA) is 120 Å². The monoisotopic (exact) mass is 432 g/mol. The molecule has 0 N–H and O–H groups in total. The summed E-state index contributed by atoms with van der Waals surface area (Å²) in [6, 6.07) is 20.2. The Hall–Kier alpha value is -3.40. The minimum atomic E-state index is -1.11. The zero-order chi connectivity index (χ0) is 22.7. The summed E-state index contributed by atoms with van der Waals surface area (Å²) in [5.74, 6) is -3.34. The number of aryl methyl sites for hydroxylation is 3. The maximum Gasteiger partial charge on any atom is 3.00 e. The maximum atomic E-state index is 10.3. The summed E-state index contributed by atoms with van der Waals surface area (Å²) in [7, 11) is 0. The van der Waals surface area contributed by atoms with Gasteiger partial charge in [-0.1, -0.05) is 72.8 Å². The van der Waals surface area contributed by atoms with E-state index in [9.17, 15) is 29.7 Å². The third kappa shape index (κ3) is 9.30. The predicted octanol–water partition coefficient (Wildman–Crippen LogP) is 0.695. The average molecular weight is 432 g/mol. The molecule has 31 heavy (non-hydrogen) atoms. The van der Waals surface area contributed by atoms with E-state index >= 15 is 0 Å². The van der Waals surface area contributed by atoms with Crippen molar-refractivity contribution in [3.05, 3.63) is 106 Å². The summed E-state index contributed by atoms with van der Waals surface area (Å²) < 4.78 is 0. The molecule has 156 valence electrons. The van der Waals surface area contributed by atoms with Gasteiger partial charge < -0.3 is 29.7 Å². The van der Waals surface area contributed by atoms with E-state index in [0.29, 0.717) is 0 Å². The van der Waals surface area contributed by atoms with Crippen molar-refractivity contribution in [2.45, 2.75) is 20.8 Å². The van der Waals surface area contributed by atoms with Crippen LogP contribution in [0, 0.1) is 20.8 Å². The van der Waals surface area contributed by atoms with Crippen LogP contribution in [0.25, 0.3) is 0 Å². The van der Waals surface area contributed by atoms with Crippen molar-refractivity contribution in [2.24, 2.45) is 0 Å². The molecule has 0 aliphatic rings. The van der Waals surface area contributed by atoms with Gasteiger partial charge in [-0.25, -0.2) is 0 Å². The Kier molecular flexibility index (Phi) is 12.2. The molecule has 0 fully saturated rings. The molecule has 0 bridgehead atoms. The van der Waals surface area contributed by atoms with Gasteiger partial charge in [0.15, 0.2) is 0 Å². The second-order valence-electron chi connectivity index (χ2n) is 6.31. The average Bonchev–Trinajstić information content (AvgIpc) is 2.69. The van der Waals surface area contributed by atoms with Gasteiger partial charge in [0.2, 0.25) is 0 Å². The molecule has 3 rings (SSSR count). The van der Waals surface area contributed by atoms with E-state index in [1.807, 2.05) is 0 Å². The molecule has 0 aromatic heterocycles. The van der Waals surface area contributed by atoms with Crippen LogP contribution in [-0.2, 0) is 0 Å². The molecule has 0 saturated heterocycles. The van der Waals surface area contributed by atoms with Crippen molar-refractivity contribution in [1.82, 2.24) is 0 Å². The molecular weight excluding hydrogens is 411 g/mol. The van der Waals surface area contributed by atoms with Crippen LogP contribution >= 0.6 is 0 Å². The third-order valence-corrected chi connectivity index (χ3v) is 4.09. The van der Waals surface area contributed by atoms with Crippen molar-refractivity contribution in [3.8, 4) is 0 Å². The molecule has 7 heteroatoms. The van der Waals surface area contributed by atoms with Crippen LogP contribution in [0.1, 0.15) is 47.8 Å². The smallest absolute Gasteiger partial charge is 0.545 e. The minimum absolute atomic E-state index is 0. The number of hydrogen-bond acceptors (Lipinski definition) is 6. The number of hydrogen-bond donors (Lipinski definition) is 0. The van der Waals surface area contributed by atoms with Crippen LogP contribution in [0.4, 0.5) is 0 Å². The maximum absolute atomic E-state index is 10.3. The molecule has 0 amide bonds. The van der Waals surface area contributed by atoms with E-state index in [-0.39, 0.29) is 34.1 Å². The second kappa shape index (κ2) is 13.8. The van der Waals surface area contributed by atoms with Crippen LogP contribution in [0.15, 0.2) is 72.8 Å². The zero-order valence-corrected chi connectivity index (χ0v) is 18.6. The standard InChI is InChI=1S/3C8H8O2.Al/c3*1-6-4-2-3-5-7(6)8(9)10;/h3*2-5H,1H3,(H,9,10);/q;;;+3/p-3. The normalized spacial score (nSPS) is 9.00. The summed E-state index contributed by atoms with van der Waals surface area (Å²) in [5, 5.41) is 30.9. The molecule has 6 nitrogen and oxygen atoms in total. The molecule has 0 radical (unpaired) electrons. The summed E-state index contributed by atoms with van der Waals surface area (Å²) in [5.41, 5.74) is 3.01. The Morgan fingerprint density at radius 1 is 0.484 bits per heavy atom. The first-order chi connectivity index (χ1) is 14.1. The van der Waals surface area contributed by atoms with Crippen molar-refractivity contribution in [3.63, 3.8) is 0 Å². The van der Waals surface area contributed by atoms with Gasteiger partial charge in [-0.3, -0.25) is 0 Å². The van der Waals surface area contributed by atoms with Gasteiger partial charge in [0.1, 0.15) is 0 Å². The number of benzene rings is 3. The van der Waals surface area contributed by atoms with Crippen LogP contribution < -0.4 is 15.3 Å². The van der Waals surface area contributed by atoms with Gasteiger partial charge in [-0.05, 0) is 37.5 Å². The molecule has 0 aliphatic heterocycles. The van der Waals surface area contributed by atoms with Crippen molar-refractivity contribution < 1.29 is 29.7 Å². The molecule has 0 unspecified atom stereocenters. The first kappa shape index (κ1) is 27.6. The Morgan fingerprint density at radius 3 is 0.806 bits per heavy atom. The first-order valence-electron chi connectivity index (χ1n) is 8.96. The Bertz CT molecular complexity index is 898. The fraction of sp³-hybridized carbons (Fsp3) is 0.125. The van der Waals surface area contributed by atoms with Gasteiger partial charge in [-0.2, -0.15) is 0 Å². The van der Waals surface area contributed by atoms with Gasteiger partial charge in [0.25, 0.3) is 0 Å². The number of rotatable bonds is 3. The number of aromatic carboxylic acids is 3. The fourth-order valence-electron chi connectivity index (χ4n) is 2.41. The van der Waals surface area contributed by atoms with Crippen molar-refractivity contribution in [1.29, 1.82) is 0 Å². The van der Waals surface area contributed by atoms with E-state index < -0.39 is 17.9 Å². The van der Waals surface area contributed by atoms with Crippen LogP contribution in [0.2, 0.25) is 0 Å². The molecule has 3 aromatic carbocycles. The first-order valence-corrected chi connectivity index (χ1v) is 8.96. The quantitative estimate of drug-likeness (QED) is 0.562. The molecule has 0 aliphatic carbocycles. The summed E-state index contributed by atoms with van der Waals surface area (Å²) in [6.45, 7) is 5.22. The van der Waals surface area contributed by atoms with Crippen molar-refractivity contribution in [2.75, 3.05) is 0 Å². The molecule has 0 spiro atoms. The van der Waals surface area contributed by atoms with Crippen LogP contribution in [0.5, 0.6) is 0 Å². The van der Waals surface area contributed by atoms with Crippen LogP contribution in [-0.4, -0.2) is 35.3 Å². The fourth-order valence-corrected chi connectivity index (χ4v) is 2.41. The van der Waals surface area contributed by atoms with Gasteiger partial charge in [0, 0.05) is 16.7 Å². The van der Waals surface area contributed by atoms with Crippen LogP contribution in [0.3, 0.4) is 0 Å². The Labute approximate surface area is 191 Å². The van der Waals surface area contributed by atoms with E-state index in [0.717, 1.165) is 16.7 Å². The number of carbonyl (C=O) groups excluding carboxylic acids is 3. The van der Waals surface area contributed by atoms with E-state index in [1.165, 1.54) is 18.2 Å². The van der Waals surface area contributed by atoms with Gasteiger partial charge >= 0.3 is 17.4 Å². The molecule has 0 heterocycles. The third-order valence-electron chi connectivity index (χ3n) is 4.09. The van der Waals surface area contributed by atoms with E-state index in [2.05, 4.69) is 0 Å². The van der Waals surface area contributed by atoms with Gasteiger partial charge in [0.05, 0.1) is 17.9 Å². The SMILES string of the molecule is Cc1ccccc1C(=O)[O-].Cc1ccccc1C(=O)[O-].Cc1ccccc1C(=O)[O-].[Al+3]. The van der Waals surface area contributed by atoms with Gasteiger partial charge in [-0.15, -0.1) is 0 Å². The Balaban J connectivity index is 0.000000429. The number of carbonyl (C=O) groups is 3. The molecular formula is C24H21AlO6. The number of carboxylic acid groups (broad SMARTS) is 3. The summed E-state index contributed by atoms with van der Waals surface area (Å²) in [6.07, 6.45) is 0. The Morgan fingerprint density at radius 2 is 0.677 bits per heavy atom. The van der Waals surface area contributed by atoms with E-state index in [4.69, 9.17) is 0 Å². The summed E-state index contributed by atoms with van der Waals surface area (Å²) >= 11 is 0. The largest absolute Gasteiger partial charge is 3.00 e. The summed E-state index contributed by atoms with van der Waals surface area (Å²) in [4.78, 5) is 30.9. The molecule has 0 saturated carbocycles. The predicted molar refractivity (Wildman–Crippen MR) is 112 cm³/mol. The van der Waals surface area contributed by atoms with Crippen molar-refractivity contribution >= 4 is 35.3 Å². The molecule has 0 atom stereocenters. The minimum Gasteiger partial charge on any atom is -0.545 e. The zero-order valence-electron chi connectivity index (χ0n) is 17.5.